The summed E-state index contributed by atoms with van der Waals surface area (Å²) in [4.78, 5) is 37.9. The Balaban J connectivity index is 1.84. The fraction of sp³-hybridized carbons (Fsp3) is 0.593. The van der Waals surface area contributed by atoms with Crippen molar-refractivity contribution in [3.05, 3.63) is 63.2 Å². The number of aromatic nitrogens is 2. The van der Waals surface area contributed by atoms with Crippen molar-refractivity contribution >= 4 is 13.7 Å². The van der Waals surface area contributed by atoms with E-state index in [1.54, 1.807) is 44.2 Å². The number of hydrogen-bond donors (Lipinski definition) is 2. The average Bonchev–Trinajstić information content (AvgIpc) is 3.36. The molecule has 0 aliphatic carbocycles. The number of nitrogens with zero attached hydrogens (tertiary/aromatic N) is 1. The Bertz CT molecular complexity index is 1300. The Morgan fingerprint density at radius 1 is 1.17 bits per heavy atom. The molecule has 15 heteroatoms. The van der Waals surface area contributed by atoms with Crippen molar-refractivity contribution in [2.45, 2.75) is 84.1 Å². The first kappa shape index (κ1) is 33.6. The van der Waals surface area contributed by atoms with E-state index in [-0.39, 0.29) is 18.6 Å². The maximum atomic E-state index is 14.1. The molecular formula is C27H39FN3O10P. The molecule has 0 radical (unpaired) electrons. The highest BCUT2D eigenvalue weighted by atomic mass is 31.2. The molecule has 13 nitrogen and oxygen atoms in total. The van der Waals surface area contributed by atoms with Gasteiger partial charge in [0, 0.05) is 26.1 Å². The highest BCUT2D eigenvalue weighted by Gasteiger charge is 2.42. The van der Waals surface area contributed by atoms with Crippen LogP contribution in [0.5, 0.6) is 5.75 Å². The van der Waals surface area contributed by atoms with Crippen molar-refractivity contribution < 1.29 is 41.7 Å². The standard InChI is InChI=1S/C27H39FN3O10P/c1-5-13-36-26(37-14-6-2)18(4)30-42(35,41-19-11-9-8-10-12-19)38-17-22-21(40-24(32)7-3)15-23(39-22)31-16-20(28)25(33)29-27(31)34/h8-12,16,18,21-23,26H,5-7,13-15,17H2,1-4H3,(H,30,35)(H,29,33,34)/t18-,21-,22+,23+,42?/m0/s1. The monoisotopic (exact) mass is 615 g/mol. The number of ether oxygens (including phenoxy) is 4. The van der Waals surface area contributed by atoms with E-state index >= 15 is 0 Å². The number of nitrogens with one attached hydrogen (secondary N) is 2. The predicted octanol–water partition coefficient (Wildman–Crippen LogP) is 3.65. The molecule has 3 rings (SSSR count). The Kier molecular flexibility index (Phi) is 12.9. The van der Waals surface area contributed by atoms with Crippen LogP contribution in [0.2, 0.25) is 0 Å². The SMILES string of the molecule is CCCOC(OCCC)[C@H](C)NP(=O)(OC[C@H]1O[C@@H](n2cc(F)c(=O)[nH]c2=O)C[C@@H]1OC(=O)CC)Oc1ccccc1. The largest absolute Gasteiger partial charge is 0.459 e. The molecule has 1 aromatic heterocycles. The fourth-order valence-electron chi connectivity index (χ4n) is 4.07. The number of rotatable bonds is 17. The van der Waals surface area contributed by atoms with Crippen molar-refractivity contribution in [2.75, 3.05) is 19.8 Å². The van der Waals surface area contributed by atoms with Gasteiger partial charge in [-0.25, -0.2) is 14.4 Å². The van der Waals surface area contributed by atoms with Crippen LogP contribution < -0.4 is 20.9 Å². The van der Waals surface area contributed by atoms with Gasteiger partial charge in [0.2, 0.25) is 5.82 Å². The molecule has 42 heavy (non-hydrogen) atoms. The van der Waals surface area contributed by atoms with Crippen molar-refractivity contribution in [2.24, 2.45) is 0 Å². The molecular weight excluding hydrogens is 576 g/mol. The van der Waals surface area contributed by atoms with Gasteiger partial charge in [-0.3, -0.25) is 23.7 Å². The minimum absolute atomic E-state index is 0.0589. The first-order chi connectivity index (χ1) is 20.1. The molecule has 0 bridgehead atoms. The minimum atomic E-state index is -4.16. The van der Waals surface area contributed by atoms with Crippen molar-refractivity contribution in [1.29, 1.82) is 0 Å². The summed E-state index contributed by atoms with van der Waals surface area (Å²) in [6, 6.07) is 7.73. The van der Waals surface area contributed by atoms with Gasteiger partial charge >= 0.3 is 19.4 Å². The van der Waals surface area contributed by atoms with E-state index < -0.39 is 68.2 Å². The van der Waals surface area contributed by atoms with Crippen LogP contribution in [0.15, 0.2) is 46.1 Å². The van der Waals surface area contributed by atoms with Gasteiger partial charge in [-0.2, -0.15) is 4.39 Å². The van der Waals surface area contributed by atoms with E-state index in [0.717, 1.165) is 17.4 Å². The smallest absolute Gasteiger partial charge is 0.459 e. The van der Waals surface area contributed by atoms with Gasteiger partial charge in [0.25, 0.3) is 5.56 Å². The third-order valence-electron chi connectivity index (χ3n) is 6.11. The lowest BCUT2D eigenvalue weighted by molar-refractivity contribution is -0.155. The van der Waals surface area contributed by atoms with Gasteiger partial charge in [-0.1, -0.05) is 39.0 Å². The molecule has 1 aliphatic heterocycles. The summed E-state index contributed by atoms with van der Waals surface area (Å²) >= 11 is 0. The second-order valence-electron chi connectivity index (χ2n) is 9.62. The Morgan fingerprint density at radius 2 is 1.83 bits per heavy atom. The van der Waals surface area contributed by atoms with Crippen molar-refractivity contribution in [3.8, 4) is 5.75 Å². The zero-order valence-electron chi connectivity index (χ0n) is 24.2. The molecule has 1 aliphatic rings. The Labute approximate surface area is 243 Å². The lowest BCUT2D eigenvalue weighted by atomic mass is 10.2. The van der Waals surface area contributed by atoms with Crippen LogP contribution in [0.1, 0.15) is 59.6 Å². The quantitative estimate of drug-likeness (QED) is 0.152. The van der Waals surface area contributed by atoms with Crippen LogP contribution in [0.3, 0.4) is 0 Å². The molecule has 0 amide bonds. The highest BCUT2D eigenvalue weighted by Crippen LogP contribution is 2.46. The molecule has 1 saturated heterocycles. The summed E-state index contributed by atoms with van der Waals surface area (Å²) in [6.07, 6.45) is -1.63. The molecule has 2 aromatic rings. The number of H-pyrrole nitrogens is 1. The number of aromatic amines is 1. The molecule has 5 atom stereocenters. The number of benzene rings is 1. The van der Waals surface area contributed by atoms with E-state index in [1.165, 1.54) is 0 Å². The van der Waals surface area contributed by atoms with Crippen LogP contribution in [0, 0.1) is 5.82 Å². The summed E-state index contributed by atoms with van der Waals surface area (Å²) in [5.74, 6) is -1.48. The van der Waals surface area contributed by atoms with Crippen molar-refractivity contribution in [1.82, 2.24) is 14.6 Å². The van der Waals surface area contributed by atoms with Crippen molar-refractivity contribution in [3.63, 3.8) is 0 Å². The topological polar surface area (TPSA) is 156 Å². The third-order valence-corrected chi connectivity index (χ3v) is 7.77. The third kappa shape index (κ3) is 9.58. The van der Waals surface area contributed by atoms with Crippen LogP contribution in [0.4, 0.5) is 4.39 Å². The molecule has 2 heterocycles. The van der Waals surface area contributed by atoms with E-state index in [2.05, 4.69) is 5.09 Å². The van der Waals surface area contributed by atoms with E-state index in [1.807, 2.05) is 18.8 Å². The molecule has 0 spiro atoms. The van der Waals surface area contributed by atoms with Crippen LogP contribution in [0.25, 0.3) is 0 Å². The molecule has 1 aromatic carbocycles. The highest BCUT2D eigenvalue weighted by molar-refractivity contribution is 7.52. The Hall–Kier alpha value is -2.87. The number of carbonyl (C=O) groups excluding carboxylic acids is 1. The number of para-hydroxylation sites is 1. The van der Waals surface area contributed by atoms with Crippen LogP contribution >= 0.6 is 7.75 Å². The zero-order valence-corrected chi connectivity index (χ0v) is 25.0. The molecule has 0 saturated carbocycles. The molecule has 234 valence electrons. The summed E-state index contributed by atoms with van der Waals surface area (Å²) in [5.41, 5.74) is -2.08. The minimum Gasteiger partial charge on any atom is -0.459 e. The first-order valence-electron chi connectivity index (χ1n) is 13.9. The summed E-state index contributed by atoms with van der Waals surface area (Å²) in [6.45, 7) is 7.65. The number of esters is 1. The molecule has 1 unspecified atom stereocenters. The number of halogens is 1. The van der Waals surface area contributed by atoms with E-state index in [4.69, 9.17) is 28.0 Å². The first-order valence-corrected chi connectivity index (χ1v) is 15.5. The van der Waals surface area contributed by atoms with Gasteiger partial charge in [0.05, 0.1) is 18.8 Å². The van der Waals surface area contributed by atoms with Crippen LogP contribution in [-0.4, -0.2) is 59.9 Å². The van der Waals surface area contributed by atoms with E-state index in [0.29, 0.717) is 19.4 Å². The normalized spacial score (nSPS) is 20.8. The zero-order chi connectivity index (χ0) is 30.7. The molecule has 1 fully saturated rings. The summed E-state index contributed by atoms with van der Waals surface area (Å²) in [5, 5.41) is 2.87. The fourth-order valence-corrected chi connectivity index (χ4v) is 5.61. The van der Waals surface area contributed by atoms with Gasteiger partial charge in [0.15, 0.2) is 6.29 Å². The van der Waals surface area contributed by atoms with Gasteiger partial charge in [-0.15, -0.1) is 0 Å². The second kappa shape index (κ2) is 16.1. The van der Waals surface area contributed by atoms with Gasteiger partial charge in [0.1, 0.15) is 24.2 Å². The van der Waals surface area contributed by atoms with E-state index in [9.17, 15) is 23.3 Å². The number of hydrogen-bond acceptors (Lipinski definition) is 10. The number of carbonyl (C=O) groups is 1. The summed E-state index contributed by atoms with van der Waals surface area (Å²) in [7, 11) is -4.16. The lowest BCUT2D eigenvalue weighted by Crippen LogP contribution is -2.41. The average molecular weight is 616 g/mol. The lowest BCUT2D eigenvalue weighted by Gasteiger charge is -2.29. The van der Waals surface area contributed by atoms with Gasteiger partial charge < -0.3 is 23.5 Å². The maximum Gasteiger partial charge on any atom is 0.459 e. The van der Waals surface area contributed by atoms with Crippen LogP contribution in [-0.2, 0) is 32.8 Å². The molecule has 2 N–H and O–H groups in total. The predicted molar refractivity (Wildman–Crippen MR) is 149 cm³/mol. The second-order valence-corrected chi connectivity index (χ2v) is 11.3. The van der Waals surface area contributed by atoms with Gasteiger partial charge in [-0.05, 0) is 31.9 Å². The Morgan fingerprint density at radius 3 is 2.45 bits per heavy atom. The summed E-state index contributed by atoms with van der Waals surface area (Å²) < 4.78 is 63.6. The maximum absolute atomic E-state index is 14.1.